The third-order valence-corrected chi connectivity index (χ3v) is 9.12. The number of halogens is 2. The summed E-state index contributed by atoms with van der Waals surface area (Å²) >= 11 is -0.826. The second-order valence-electron chi connectivity index (χ2n) is 16.2. The van der Waals surface area contributed by atoms with Gasteiger partial charge in [-0.25, -0.2) is 0 Å². The van der Waals surface area contributed by atoms with Gasteiger partial charge >= 0.3 is 37.9 Å². The number of benzene rings is 4. The fourth-order valence-corrected chi connectivity index (χ4v) is 6.47. The molecule has 0 spiro atoms. The molecule has 0 amide bonds. The van der Waals surface area contributed by atoms with Crippen molar-refractivity contribution in [1.82, 2.24) is 0 Å². The molecule has 6 rings (SSSR count). The molecule has 0 atom stereocenters. The van der Waals surface area contributed by atoms with E-state index in [4.69, 9.17) is 21.8 Å². The minimum absolute atomic E-state index is 0.0187. The van der Waals surface area contributed by atoms with Crippen molar-refractivity contribution in [2.75, 3.05) is 7.11 Å². The Morgan fingerprint density at radius 1 is 0.571 bits per heavy atom. The molecular formula is C45H52Cl2OZr. The van der Waals surface area contributed by atoms with Gasteiger partial charge in [0.15, 0.2) is 0 Å². The van der Waals surface area contributed by atoms with E-state index in [2.05, 4.69) is 173 Å². The van der Waals surface area contributed by atoms with Crippen LogP contribution in [0, 0.1) is 13.8 Å². The average Bonchev–Trinajstić information content (AvgIpc) is 3.60. The van der Waals surface area contributed by atoms with Gasteiger partial charge in [0.25, 0.3) is 0 Å². The van der Waals surface area contributed by atoms with Gasteiger partial charge < -0.3 is 4.74 Å². The first-order valence-corrected chi connectivity index (χ1v) is 23.3. The third kappa shape index (κ3) is 9.38. The number of rotatable bonds is 3. The summed E-state index contributed by atoms with van der Waals surface area (Å²) in [5, 5.41) is 5.26. The van der Waals surface area contributed by atoms with E-state index >= 15 is 0 Å². The van der Waals surface area contributed by atoms with Crippen molar-refractivity contribution in [1.29, 1.82) is 0 Å². The van der Waals surface area contributed by atoms with Gasteiger partial charge in [-0.1, -0.05) is 136 Å². The summed E-state index contributed by atoms with van der Waals surface area (Å²) in [4.78, 5) is 0. The van der Waals surface area contributed by atoms with Crippen molar-refractivity contribution >= 4 is 38.6 Å². The van der Waals surface area contributed by atoms with Crippen LogP contribution < -0.4 is 4.74 Å². The Bertz CT molecular complexity index is 1990. The molecule has 0 saturated heterocycles. The Morgan fingerprint density at radius 3 is 1.51 bits per heavy atom. The molecule has 0 bridgehead atoms. The fourth-order valence-electron chi connectivity index (χ4n) is 6.47. The first-order chi connectivity index (χ1) is 22.9. The topological polar surface area (TPSA) is 9.23 Å². The fraction of sp³-hybridized carbons (Fsp3) is 0.333. The predicted molar refractivity (Wildman–Crippen MR) is 214 cm³/mol. The number of fused-ring (bicyclic) bond motifs is 2. The minimum atomic E-state index is -0.826. The summed E-state index contributed by atoms with van der Waals surface area (Å²) in [7, 11) is 11.7. The summed E-state index contributed by atoms with van der Waals surface area (Å²) in [6.07, 6.45) is 0. The van der Waals surface area contributed by atoms with E-state index in [1.807, 2.05) is 0 Å². The summed E-state index contributed by atoms with van der Waals surface area (Å²) in [5.41, 5.74) is 12.1. The van der Waals surface area contributed by atoms with E-state index in [1.54, 1.807) is 7.11 Å². The van der Waals surface area contributed by atoms with Gasteiger partial charge in [-0.3, -0.25) is 0 Å². The zero-order valence-electron chi connectivity index (χ0n) is 31.4. The molecule has 0 unspecified atom stereocenters. The van der Waals surface area contributed by atoms with Gasteiger partial charge in [-0.05, 0) is 49.6 Å². The van der Waals surface area contributed by atoms with Crippen molar-refractivity contribution in [2.24, 2.45) is 0 Å². The molecule has 0 aliphatic rings. The molecule has 6 aromatic rings. The van der Waals surface area contributed by atoms with Gasteiger partial charge in [-0.2, -0.15) is 12.1 Å². The van der Waals surface area contributed by atoms with Crippen LogP contribution in [-0.2, 0) is 37.1 Å². The van der Waals surface area contributed by atoms with Gasteiger partial charge in [0.2, 0.25) is 0 Å². The normalized spacial score (nSPS) is 11.8. The number of methoxy groups -OCH3 is 1. The number of hydrogen-bond acceptors (Lipinski definition) is 1. The standard InChI is InChI=1S/C25H31O.C20H21.2ClH.Zr/c1-16-13-18-15-21(25(5,6)7)23(26-8)22(20(18)14-16)17-9-11-19(12-10-17)24(2,3)4;1-14-12-16-6-5-7-18(19(16)13-14)15-8-10-17(11-9-15)20(2,3)4;;;/h9-15H,1-8H3;5-13H,1-4H3;2*1H;/q2*-1;;;+4/p-2. The second kappa shape index (κ2) is 15.7. The summed E-state index contributed by atoms with van der Waals surface area (Å²) < 4.78 is 5.97. The maximum atomic E-state index is 5.97. The molecule has 6 aromatic carbocycles. The molecular weight excluding hydrogens is 719 g/mol. The van der Waals surface area contributed by atoms with E-state index < -0.39 is 20.8 Å². The average molecular weight is 771 g/mol. The molecule has 0 aromatic heterocycles. The van der Waals surface area contributed by atoms with Crippen LogP contribution in [0.15, 0.2) is 97.1 Å². The van der Waals surface area contributed by atoms with E-state index in [0.29, 0.717) is 0 Å². The number of hydrogen-bond donors (Lipinski definition) is 0. The Hall–Kier alpha value is -2.64. The predicted octanol–water partition coefficient (Wildman–Crippen LogP) is 14.3. The molecule has 0 heterocycles. The van der Waals surface area contributed by atoms with Crippen molar-refractivity contribution in [2.45, 2.75) is 92.4 Å². The first-order valence-electron chi connectivity index (χ1n) is 17.0. The van der Waals surface area contributed by atoms with Crippen LogP contribution in [0.4, 0.5) is 0 Å². The molecule has 0 N–H and O–H groups in total. The molecule has 49 heavy (non-hydrogen) atoms. The van der Waals surface area contributed by atoms with Crippen LogP contribution in [0.1, 0.15) is 90.1 Å². The van der Waals surface area contributed by atoms with Gasteiger partial charge in [0.05, 0.1) is 7.11 Å². The Kier molecular flexibility index (Phi) is 12.6. The van der Waals surface area contributed by atoms with Crippen LogP contribution in [-0.4, -0.2) is 7.11 Å². The zero-order chi connectivity index (χ0) is 36.3. The third-order valence-electron chi connectivity index (χ3n) is 9.12. The Labute approximate surface area is 314 Å². The molecule has 256 valence electrons. The van der Waals surface area contributed by atoms with Crippen molar-refractivity contribution in [3.63, 3.8) is 0 Å². The van der Waals surface area contributed by atoms with E-state index in [0.717, 1.165) is 5.75 Å². The van der Waals surface area contributed by atoms with Crippen LogP contribution >= 0.6 is 17.0 Å². The molecule has 0 fully saturated rings. The maximum absolute atomic E-state index is 5.97. The van der Waals surface area contributed by atoms with Gasteiger partial charge in [-0.15, -0.1) is 63.0 Å². The number of ether oxygens (including phenoxy) is 1. The van der Waals surface area contributed by atoms with Crippen LogP contribution in [0.5, 0.6) is 5.75 Å². The monoisotopic (exact) mass is 768 g/mol. The number of aryl methyl sites for hydroxylation is 2. The molecule has 4 heteroatoms. The van der Waals surface area contributed by atoms with Crippen LogP contribution in [0.25, 0.3) is 43.8 Å². The van der Waals surface area contributed by atoms with E-state index in [-0.39, 0.29) is 16.2 Å². The molecule has 0 aliphatic carbocycles. The van der Waals surface area contributed by atoms with E-state index in [9.17, 15) is 0 Å². The molecule has 0 aliphatic heterocycles. The van der Waals surface area contributed by atoms with Crippen LogP contribution in [0.2, 0.25) is 0 Å². The van der Waals surface area contributed by atoms with Crippen molar-refractivity contribution < 1.29 is 25.6 Å². The Morgan fingerprint density at radius 2 is 1.04 bits per heavy atom. The van der Waals surface area contributed by atoms with Gasteiger partial charge in [0.1, 0.15) is 5.75 Å². The SMILES string of the molecule is COc1c(C(C)(C)C)cc2[cH-]c(C)cc2c1-c1ccc(C(C)(C)C)cc1.Cc1cc2c(-c3ccc(C(C)(C)C)cc3)cccc2[cH-]1.[Cl][Zr+2][Cl]. The van der Waals surface area contributed by atoms with Gasteiger partial charge in [0, 0.05) is 0 Å². The van der Waals surface area contributed by atoms with E-state index in [1.165, 1.54) is 71.6 Å². The zero-order valence-corrected chi connectivity index (χ0v) is 35.4. The second-order valence-corrected chi connectivity index (χ2v) is 19.9. The molecule has 1 nitrogen and oxygen atoms in total. The van der Waals surface area contributed by atoms with Crippen molar-refractivity contribution in [3.8, 4) is 28.0 Å². The quantitative estimate of drug-likeness (QED) is 0.163. The molecule has 0 radical (unpaired) electrons. The van der Waals surface area contributed by atoms with Crippen LogP contribution in [0.3, 0.4) is 0 Å². The Balaban J connectivity index is 0.000000210. The molecule has 0 saturated carbocycles. The summed E-state index contributed by atoms with van der Waals surface area (Å²) in [5.74, 6) is 0.999. The summed E-state index contributed by atoms with van der Waals surface area (Å²) in [6.45, 7) is 24.6. The van der Waals surface area contributed by atoms with Crippen molar-refractivity contribution in [3.05, 3.63) is 125 Å². The summed E-state index contributed by atoms with van der Waals surface area (Å²) in [6, 6.07) is 35.9. The first kappa shape index (κ1) is 39.2.